The summed E-state index contributed by atoms with van der Waals surface area (Å²) in [5, 5.41) is 0. The Morgan fingerprint density at radius 3 is 2.31 bits per heavy atom. The van der Waals surface area contributed by atoms with Gasteiger partial charge in [-0.1, -0.05) is 51.2 Å². The highest BCUT2D eigenvalue weighted by Gasteiger charge is 2.08. The number of benzene rings is 1. The minimum Gasteiger partial charge on any atom is -0.497 e. The molecule has 0 bridgehead atoms. The molecule has 0 fully saturated rings. The van der Waals surface area contributed by atoms with Gasteiger partial charge in [-0.2, -0.15) is 0 Å². The standard InChI is InChI=1S/C21H32O5/c1-3-4-5-6-7-8-15-25-20(22)13-10-14-21(23)26-17-18-11-9-12-19(16-18)24-2/h9,11-12,16H,3-8,10,13-15,17H2,1-2H3. The van der Waals surface area contributed by atoms with E-state index >= 15 is 0 Å². The van der Waals surface area contributed by atoms with E-state index in [9.17, 15) is 9.59 Å². The molecule has 5 nitrogen and oxygen atoms in total. The number of hydrogen-bond donors (Lipinski definition) is 0. The van der Waals surface area contributed by atoms with Gasteiger partial charge in [-0.25, -0.2) is 0 Å². The molecular weight excluding hydrogens is 332 g/mol. The summed E-state index contributed by atoms with van der Waals surface area (Å²) in [6, 6.07) is 7.38. The third-order valence-corrected chi connectivity index (χ3v) is 4.06. The van der Waals surface area contributed by atoms with Crippen LogP contribution in [0.2, 0.25) is 0 Å². The lowest BCUT2D eigenvalue weighted by Gasteiger charge is -2.07. The number of carbonyl (C=O) groups excluding carboxylic acids is 2. The lowest BCUT2D eigenvalue weighted by Crippen LogP contribution is -2.09. The molecule has 1 aromatic rings. The zero-order valence-corrected chi connectivity index (χ0v) is 16.1. The van der Waals surface area contributed by atoms with Gasteiger partial charge < -0.3 is 14.2 Å². The maximum atomic E-state index is 11.7. The van der Waals surface area contributed by atoms with Crippen LogP contribution in [0.5, 0.6) is 5.75 Å². The van der Waals surface area contributed by atoms with Gasteiger partial charge in [0.15, 0.2) is 0 Å². The first-order chi connectivity index (χ1) is 12.7. The molecule has 26 heavy (non-hydrogen) atoms. The van der Waals surface area contributed by atoms with Crippen molar-refractivity contribution in [1.29, 1.82) is 0 Å². The number of methoxy groups -OCH3 is 1. The van der Waals surface area contributed by atoms with E-state index in [1.54, 1.807) is 7.11 Å². The minimum atomic E-state index is -0.309. The van der Waals surface area contributed by atoms with Crippen LogP contribution < -0.4 is 4.74 Å². The van der Waals surface area contributed by atoms with Gasteiger partial charge in [-0.3, -0.25) is 9.59 Å². The summed E-state index contributed by atoms with van der Waals surface area (Å²) < 4.78 is 15.5. The molecule has 1 aromatic carbocycles. The molecule has 0 aromatic heterocycles. The average Bonchev–Trinajstić information content (AvgIpc) is 2.66. The molecule has 0 atom stereocenters. The van der Waals surface area contributed by atoms with Crippen molar-refractivity contribution >= 4 is 11.9 Å². The second-order valence-corrected chi connectivity index (χ2v) is 6.35. The van der Waals surface area contributed by atoms with Gasteiger partial charge >= 0.3 is 11.9 Å². The zero-order valence-electron chi connectivity index (χ0n) is 16.1. The van der Waals surface area contributed by atoms with Crippen LogP contribution in [-0.2, 0) is 25.7 Å². The lowest BCUT2D eigenvalue weighted by atomic mass is 10.1. The molecule has 0 aliphatic heterocycles. The van der Waals surface area contributed by atoms with Crippen LogP contribution in [0, 0.1) is 0 Å². The average molecular weight is 364 g/mol. The molecule has 0 unspecified atom stereocenters. The monoisotopic (exact) mass is 364 g/mol. The van der Waals surface area contributed by atoms with Crippen molar-refractivity contribution in [1.82, 2.24) is 0 Å². The first kappa shape index (κ1) is 22.0. The summed E-state index contributed by atoms with van der Waals surface area (Å²) in [7, 11) is 1.59. The Morgan fingerprint density at radius 1 is 0.885 bits per heavy atom. The van der Waals surface area contributed by atoms with Crippen molar-refractivity contribution in [2.75, 3.05) is 13.7 Å². The van der Waals surface area contributed by atoms with Crippen LogP contribution in [0.1, 0.15) is 70.3 Å². The van der Waals surface area contributed by atoms with Crippen molar-refractivity contribution in [3.63, 3.8) is 0 Å². The van der Waals surface area contributed by atoms with Crippen molar-refractivity contribution in [2.24, 2.45) is 0 Å². The lowest BCUT2D eigenvalue weighted by molar-refractivity contribution is -0.146. The van der Waals surface area contributed by atoms with E-state index in [1.165, 1.54) is 25.7 Å². The third-order valence-electron chi connectivity index (χ3n) is 4.06. The summed E-state index contributed by atoms with van der Waals surface area (Å²) in [6.45, 7) is 2.88. The molecule has 0 saturated carbocycles. The summed E-state index contributed by atoms with van der Waals surface area (Å²) in [6.07, 6.45) is 7.89. The van der Waals surface area contributed by atoms with Gasteiger partial charge in [-0.05, 0) is 30.5 Å². The van der Waals surface area contributed by atoms with Crippen LogP contribution in [0.25, 0.3) is 0 Å². The van der Waals surface area contributed by atoms with Crippen molar-refractivity contribution in [3.05, 3.63) is 29.8 Å². The van der Waals surface area contributed by atoms with E-state index in [1.807, 2.05) is 24.3 Å². The predicted molar refractivity (Wildman–Crippen MR) is 101 cm³/mol. The molecule has 0 saturated heterocycles. The van der Waals surface area contributed by atoms with E-state index in [4.69, 9.17) is 14.2 Å². The quantitative estimate of drug-likeness (QED) is 0.350. The fourth-order valence-electron chi connectivity index (χ4n) is 2.52. The minimum absolute atomic E-state index is 0.207. The van der Waals surface area contributed by atoms with Crippen LogP contribution in [-0.4, -0.2) is 25.7 Å². The highest BCUT2D eigenvalue weighted by atomic mass is 16.5. The maximum Gasteiger partial charge on any atom is 0.306 e. The Morgan fingerprint density at radius 2 is 1.58 bits per heavy atom. The Balaban J connectivity index is 2.03. The number of unbranched alkanes of at least 4 members (excludes halogenated alkanes) is 5. The molecule has 0 radical (unpaired) electrons. The molecule has 0 amide bonds. The summed E-state index contributed by atoms with van der Waals surface area (Å²) in [4.78, 5) is 23.4. The fourth-order valence-corrected chi connectivity index (χ4v) is 2.52. The largest absolute Gasteiger partial charge is 0.497 e. The smallest absolute Gasteiger partial charge is 0.306 e. The molecule has 1 rings (SSSR count). The second-order valence-electron chi connectivity index (χ2n) is 6.35. The Bertz CT molecular complexity index is 527. The number of esters is 2. The van der Waals surface area contributed by atoms with Crippen molar-refractivity contribution < 1.29 is 23.8 Å². The topological polar surface area (TPSA) is 61.8 Å². The highest BCUT2D eigenvalue weighted by molar-refractivity contribution is 5.72. The van der Waals surface area contributed by atoms with Gasteiger partial charge in [-0.15, -0.1) is 0 Å². The number of hydrogen-bond acceptors (Lipinski definition) is 5. The number of carbonyl (C=O) groups is 2. The van der Waals surface area contributed by atoms with Crippen LogP contribution >= 0.6 is 0 Å². The maximum absolute atomic E-state index is 11.7. The molecule has 5 heteroatoms. The predicted octanol–water partition coefficient (Wildman–Crippen LogP) is 4.81. The van der Waals surface area contributed by atoms with Crippen molar-refractivity contribution in [2.45, 2.75) is 71.3 Å². The molecule has 146 valence electrons. The van der Waals surface area contributed by atoms with Gasteiger partial charge in [0.2, 0.25) is 0 Å². The first-order valence-electron chi connectivity index (χ1n) is 9.60. The van der Waals surface area contributed by atoms with E-state index in [2.05, 4.69) is 6.92 Å². The summed E-state index contributed by atoms with van der Waals surface area (Å²) in [5.41, 5.74) is 0.871. The van der Waals surface area contributed by atoms with Gasteiger partial charge in [0.25, 0.3) is 0 Å². The van der Waals surface area contributed by atoms with E-state index in [-0.39, 0.29) is 31.4 Å². The third kappa shape index (κ3) is 10.7. The van der Waals surface area contributed by atoms with E-state index in [0.717, 1.165) is 24.2 Å². The molecule has 0 N–H and O–H groups in total. The number of ether oxygens (including phenoxy) is 3. The molecule has 0 aliphatic carbocycles. The Labute approximate surface area is 157 Å². The van der Waals surface area contributed by atoms with E-state index in [0.29, 0.717) is 13.0 Å². The Kier molecular flexibility index (Phi) is 12.0. The highest BCUT2D eigenvalue weighted by Crippen LogP contribution is 2.13. The SMILES string of the molecule is CCCCCCCCOC(=O)CCCC(=O)OCc1cccc(OC)c1. The van der Waals surface area contributed by atoms with Crippen LogP contribution in [0.15, 0.2) is 24.3 Å². The van der Waals surface area contributed by atoms with Gasteiger partial charge in [0.05, 0.1) is 13.7 Å². The normalized spacial score (nSPS) is 10.4. The summed E-state index contributed by atoms with van der Waals surface area (Å²) in [5.74, 6) is 0.183. The molecule has 0 heterocycles. The Hall–Kier alpha value is -2.04. The second kappa shape index (κ2) is 14.2. The van der Waals surface area contributed by atoms with Crippen LogP contribution in [0.4, 0.5) is 0 Å². The van der Waals surface area contributed by atoms with E-state index < -0.39 is 0 Å². The van der Waals surface area contributed by atoms with Crippen LogP contribution in [0.3, 0.4) is 0 Å². The van der Waals surface area contributed by atoms with Crippen molar-refractivity contribution in [3.8, 4) is 5.75 Å². The summed E-state index contributed by atoms with van der Waals surface area (Å²) >= 11 is 0. The fraction of sp³-hybridized carbons (Fsp3) is 0.619. The zero-order chi connectivity index (χ0) is 19.0. The van der Waals surface area contributed by atoms with Gasteiger partial charge in [0, 0.05) is 12.8 Å². The first-order valence-corrected chi connectivity index (χ1v) is 9.60. The number of rotatable bonds is 14. The molecule has 0 aliphatic rings. The molecule has 0 spiro atoms. The molecular formula is C21H32O5. The van der Waals surface area contributed by atoms with Gasteiger partial charge in [0.1, 0.15) is 12.4 Å².